The summed E-state index contributed by atoms with van der Waals surface area (Å²) >= 11 is 0. The van der Waals surface area contributed by atoms with Crippen molar-refractivity contribution >= 4 is 21.6 Å². The topological polar surface area (TPSA) is 94.2 Å². The Hall–Kier alpha value is -2.09. The predicted octanol–water partition coefficient (Wildman–Crippen LogP) is 1.91. The normalized spacial score (nSPS) is 16.5. The summed E-state index contributed by atoms with van der Waals surface area (Å²) < 4.78 is 30.3. The number of nitrogens with one attached hydrogen (secondary N) is 1. The van der Waals surface area contributed by atoms with Gasteiger partial charge in [0.05, 0.1) is 29.0 Å². The maximum Gasteiger partial charge on any atom is 0.292 e. The van der Waals surface area contributed by atoms with Gasteiger partial charge < -0.3 is 9.73 Å². The van der Waals surface area contributed by atoms with Gasteiger partial charge in [-0.05, 0) is 32.9 Å². The van der Waals surface area contributed by atoms with E-state index in [-0.39, 0.29) is 22.8 Å². The Morgan fingerprint density at radius 1 is 1.36 bits per heavy atom. The van der Waals surface area contributed by atoms with Crippen LogP contribution in [0.4, 0.5) is 5.82 Å². The van der Waals surface area contributed by atoms with Crippen LogP contribution in [0.2, 0.25) is 0 Å². The molecule has 2 aromatic rings. The van der Waals surface area contributed by atoms with E-state index < -0.39 is 15.7 Å². The van der Waals surface area contributed by atoms with Crippen molar-refractivity contribution in [2.45, 2.75) is 37.8 Å². The molecule has 3 rings (SSSR count). The van der Waals surface area contributed by atoms with Crippen molar-refractivity contribution in [2.24, 2.45) is 0 Å². The lowest BCUT2D eigenvalue weighted by Gasteiger charge is -2.23. The lowest BCUT2D eigenvalue weighted by Crippen LogP contribution is -2.27. The van der Waals surface area contributed by atoms with E-state index in [4.69, 9.17) is 4.42 Å². The molecule has 0 aliphatic carbocycles. The number of amides is 1. The van der Waals surface area contributed by atoms with Gasteiger partial charge in [0.2, 0.25) is 0 Å². The molecule has 0 fully saturated rings. The average Bonchev–Trinajstić information content (AvgIpc) is 3.04. The molecule has 3 heterocycles. The highest BCUT2D eigenvalue weighted by molar-refractivity contribution is 7.90. The van der Waals surface area contributed by atoms with E-state index in [1.165, 1.54) is 6.26 Å². The quantitative estimate of drug-likeness (QED) is 0.911. The van der Waals surface area contributed by atoms with Gasteiger partial charge in [-0.15, -0.1) is 0 Å². The molecule has 2 aromatic heterocycles. The summed E-state index contributed by atoms with van der Waals surface area (Å²) in [5.41, 5.74) is 0.680. The van der Waals surface area contributed by atoms with Gasteiger partial charge in [0.15, 0.2) is 15.6 Å². The van der Waals surface area contributed by atoms with Crippen LogP contribution in [0, 0.1) is 0 Å². The van der Waals surface area contributed by atoms with Crippen molar-refractivity contribution in [1.82, 2.24) is 9.78 Å². The third kappa shape index (κ3) is 2.54. The summed E-state index contributed by atoms with van der Waals surface area (Å²) in [4.78, 5) is 12.2. The minimum Gasteiger partial charge on any atom is -0.459 e. The van der Waals surface area contributed by atoms with Crippen molar-refractivity contribution in [3.05, 3.63) is 35.4 Å². The fourth-order valence-electron chi connectivity index (χ4n) is 2.43. The minimum absolute atomic E-state index is 0.0883. The molecule has 118 valence electrons. The van der Waals surface area contributed by atoms with Gasteiger partial charge in [-0.25, -0.2) is 13.1 Å². The van der Waals surface area contributed by atoms with Crippen molar-refractivity contribution in [1.29, 1.82) is 0 Å². The molecule has 0 radical (unpaired) electrons. The number of rotatable bonds is 2. The van der Waals surface area contributed by atoms with Crippen molar-refractivity contribution in [2.75, 3.05) is 5.32 Å². The molecule has 0 saturated carbocycles. The van der Waals surface area contributed by atoms with E-state index in [1.54, 1.807) is 16.8 Å². The van der Waals surface area contributed by atoms with E-state index >= 15 is 0 Å². The molecule has 0 saturated heterocycles. The summed E-state index contributed by atoms with van der Waals surface area (Å²) in [5.74, 6) is -0.0370. The standard InChI is InChI=1S/C14H17N3O4S/c1-14(2,3)17-12(15-13(18)11-5-4-6-21-11)9-7-22(19,20)8-10(9)16-17/h4-6H,7-8H2,1-3H3,(H,15,18). The summed E-state index contributed by atoms with van der Waals surface area (Å²) in [6.45, 7) is 5.81. The number of anilines is 1. The number of furan rings is 1. The zero-order valence-corrected chi connectivity index (χ0v) is 13.4. The van der Waals surface area contributed by atoms with E-state index in [1.807, 2.05) is 20.8 Å². The first-order valence-electron chi connectivity index (χ1n) is 6.84. The van der Waals surface area contributed by atoms with Crippen LogP contribution in [0.15, 0.2) is 22.8 Å². The summed E-state index contributed by atoms with van der Waals surface area (Å²) in [6, 6.07) is 3.16. The van der Waals surface area contributed by atoms with Gasteiger partial charge in [-0.1, -0.05) is 0 Å². The number of hydrogen-bond acceptors (Lipinski definition) is 5. The number of fused-ring (bicyclic) bond motifs is 1. The van der Waals surface area contributed by atoms with Gasteiger partial charge in [0.1, 0.15) is 5.82 Å². The number of sulfone groups is 1. The zero-order valence-electron chi connectivity index (χ0n) is 12.6. The van der Waals surface area contributed by atoms with Crippen LogP contribution in [0.3, 0.4) is 0 Å². The first kappa shape index (κ1) is 14.8. The lowest BCUT2D eigenvalue weighted by molar-refractivity contribution is 0.0995. The summed E-state index contributed by atoms with van der Waals surface area (Å²) in [5, 5.41) is 7.13. The van der Waals surface area contributed by atoms with Crippen molar-refractivity contribution in [3.8, 4) is 0 Å². The van der Waals surface area contributed by atoms with E-state index in [9.17, 15) is 13.2 Å². The van der Waals surface area contributed by atoms with Gasteiger partial charge in [-0.3, -0.25) is 4.79 Å². The first-order valence-corrected chi connectivity index (χ1v) is 8.66. The molecule has 1 N–H and O–H groups in total. The molecule has 22 heavy (non-hydrogen) atoms. The molecular weight excluding hydrogens is 306 g/mol. The van der Waals surface area contributed by atoms with E-state index in [0.717, 1.165) is 0 Å². The maximum atomic E-state index is 12.2. The highest BCUT2D eigenvalue weighted by atomic mass is 32.2. The second kappa shape index (κ2) is 4.70. The van der Waals surface area contributed by atoms with Crippen LogP contribution in [0.5, 0.6) is 0 Å². The van der Waals surface area contributed by atoms with Crippen LogP contribution in [-0.2, 0) is 26.9 Å². The van der Waals surface area contributed by atoms with E-state index in [0.29, 0.717) is 17.1 Å². The van der Waals surface area contributed by atoms with Gasteiger partial charge in [0, 0.05) is 5.56 Å². The minimum atomic E-state index is -3.19. The maximum absolute atomic E-state index is 12.2. The third-order valence-electron chi connectivity index (χ3n) is 3.40. The highest BCUT2D eigenvalue weighted by Crippen LogP contribution is 2.34. The fraction of sp³-hybridized carbons (Fsp3) is 0.429. The van der Waals surface area contributed by atoms with Crippen molar-refractivity contribution in [3.63, 3.8) is 0 Å². The molecule has 0 atom stereocenters. The van der Waals surface area contributed by atoms with Crippen LogP contribution >= 0.6 is 0 Å². The number of hydrogen-bond donors (Lipinski definition) is 1. The monoisotopic (exact) mass is 323 g/mol. The number of nitrogens with zero attached hydrogens (tertiary/aromatic N) is 2. The molecule has 0 spiro atoms. The SMILES string of the molecule is CC(C)(C)n1nc2c(c1NC(=O)c1ccco1)CS(=O)(=O)C2. The molecule has 0 unspecified atom stereocenters. The van der Waals surface area contributed by atoms with Crippen LogP contribution in [0.1, 0.15) is 42.6 Å². The highest BCUT2D eigenvalue weighted by Gasteiger charge is 2.35. The van der Waals surface area contributed by atoms with Crippen LogP contribution in [0.25, 0.3) is 0 Å². The third-order valence-corrected chi connectivity index (χ3v) is 4.84. The Kier molecular flexibility index (Phi) is 3.17. The van der Waals surface area contributed by atoms with Crippen molar-refractivity contribution < 1.29 is 17.6 Å². The van der Waals surface area contributed by atoms with Gasteiger partial charge >= 0.3 is 0 Å². The Morgan fingerprint density at radius 3 is 2.68 bits per heavy atom. The Labute approximate surface area is 128 Å². The molecule has 1 aliphatic rings. The molecule has 1 aliphatic heterocycles. The van der Waals surface area contributed by atoms with Gasteiger partial charge in [0.25, 0.3) is 5.91 Å². The lowest BCUT2D eigenvalue weighted by atomic mass is 10.1. The Morgan fingerprint density at radius 2 is 2.09 bits per heavy atom. The molecular formula is C14H17N3O4S. The molecule has 7 nitrogen and oxygen atoms in total. The van der Waals surface area contributed by atoms with E-state index in [2.05, 4.69) is 10.4 Å². The molecule has 0 aromatic carbocycles. The fourth-order valence-corrected chi connectivity index (χ4v) is 3.93. The summed E-state index contributed by atoms with van der Waals surface area (Å²) in [6.07, 6.45) is 1.41. The number of aromatic nitrogens is 2. The second-order valence-electron chi connectivity index (χ2n) is 6.32. The average molecular weight is 323 g/mol. The Bertz CT molecular complexity index is 826. The van der Waals surface area contributed by atoms with Gasteiger partial charge in [-0.2, -0.15) is 5.10 Å². The summed E-state index contributed by atoms with van der Waals surface area (Å²) in [7, 11) is -3.19. The van der Waals surface area contributed by atoms with Crippen LogP contribution in [-0.4, -0.2) is 24.1 Å². The largest absolute Gasteiger partial charge is 0.459 e. The smallest absolute Gasteiger partial charge is 0.292 e. The number of carbonyl (C=O) groups excluding carboxylic acids is 1. The van der Waals surface area contributed by atoms with Crippen LogP contribution < -0.4 is 5.32 Å². The molecule has 0 bridgehead atoms. The Balaban J connectivity index is 2.04. The first-order chi connectivity index (χ1) is 10.2. The second-order valence-corrected chi connectivity index (χ2v) is 8.38. The molecule has 1 amide bonds. The molecule has 8 heteroatoms. The predicted molar refractivity (Wildman–Crippen MR) is 80.2 cm³/mol. The zero-order chi connectivity index (χ0) is 16.1. The number of carbonyl (C=O) groups is 1.